The Balaban J connectivity index is 4.34. The number of carboxylic acid groups (broad SMARTS) is 1. The van der Waals surface area contributed by atoms with Gasteiger partial charge in [-0.05, 0) is 6.42 Å². The zero-order valence-corrected chi connectivity index (χ0v) is 8.94. The van der Waals surface area contributed by atoms with Crippen LogP contribution < -0.4 is 5.43 Å². The number of aliphatic carboxylic acids is 1. The Hall–Kier alpha value is -1.30. The lowest BCUT2D eigenvalue weighted by molar-refractivity contribution is -0.141. The molecule has 6 heteroatoms. The highest BCUT2D eigenvalue weighted by Crippen LogP contribution is 2.01. The first-order chi connectivity index (χ1) is 6.40. The lowest BCUT2D eigenvalue weighted by Gasteiger charge is -2.25. The molecule has 0 heterocycles. The number of nitrogens with one attached hydrogen (secondary N) is 1. The summed E-state index contributed by atoms with van der Waals surface area (Å²) in [6.07, 6.45) is 0.382. The second-order valence-electron chi connectivity index (χ2n) is 3.18. The minimum absolute atomic E-state index is 0.382. The molecule has 6 nitrogen and oxygen atoms in total. The van der Waals surface area contributed by atoms with E-state index in [9.17, 15) is 9.59 Å². The molecule has 2 N–H and O–H groups in total. The molecule has 0 aliphatic heterocycles. The fourth-order valence-corrected chi connectivity index (χ4v) is 1.03. The van der Waals surface area contributed by atoms with E-state index in [0.717, 1.165) is 0 Å². The first-order valence-corrected chi connectivity index (χ1v) is 4.33. The van der Waals surface area contributed by atoms with E-state index in [4.69, 9.17) is 5.11 Å². The summed E-state index contributed by atoms with van der Waals surface area (Å²) in [4.78, 5) is 23.3. The fraction of sp³-hybridized carbons (Fsp3) is 0.750. The van der Waals surface area contributed by atoms with Gasteiger partial charge in [0.2, 0.25) is 0 Å². The maximum absolute atomic E-state index is 11.4. The molecule has 1 unspecified atom stereocenters. The molecular formula is C8H17N3O3. The van der Waals surface area contributed by atoms with E-state index in [1.807, 2.05) is 0 Å². The second kappa shape index (κ2) is 5.43. The first kappa shape index (κ1) is 12.7. The van der Waals surface area contributed by atoms with Crippen LogP contribution in [0.3, 0.4) is 0 Å². The van der Waals surface area contributed by atoms with E-state index in [1.165, 1.54) is 17.0 Å². The van der Waals surface area contributed by atoms with Crippen LogP contribution in [-0.2, 0) is 4.79 Å². The minimum atomic E-state index is -0.996. The number of carboxylic acids is 1. The van der Waals surface area contributed by atoms with Crippen molar-refractivity contribution < 1.29 is 14.7 Å². The molecule has 0 fully saturated rings. The smallest absolute Gasteiger partial charge is 0.332 e. The number of likely N-dealkylation sites (N-methyl/N-ethyl adjacent to an activating group) is 1. The molecule has 0 aliphatic carbocycles. The van der Waals surface area contributed by atoms with Crippen molar-refractivity contribution in [2.75, 3.05) is 21.1 Å². The number of hydrazine groups is 1. The zero-order chi connectivity index (χ0) is 11.3. The Kier molecular flexibility index (Phi) is 4.93. The lowest BCUT2D eigenvalue weighted by atomic mass is 10.2. The number of amides is 2. The maximum atomic E-state index is 11.4. The van der Waals surface area contributed by atoms with Crippen LogP contribution in [0.1, 0.15) is 13.3 Å². The molecule has 0 aromatic carbocycles. The highest BCUT2D eigenvalue weighted by atomic mass is 16.4. The number of hydrogen-bond donors (Lipinski definition) is 2. The van der Waals surface area contributed by atoms with Crippen molar-refractivity contribution in [3.8, 4) is 0 Å². The van der Waals surface area contributed by atoms with Gasteiger partial charge in [0.25, 0.3) is 0 Å². The Bertz CT molecular complexity index is 218. The van der Waals surface area contributed by atoms with Gasteiger partial charge in [0.05, 0.1) is 0 Å². The van der Waals surface area contributed by atoms with Gasteiger partial charge in [-0.3, -0.25) is 5.43 Å². The molecular weight excluding hydrogens is 186 g/mol. The summed E-state index contributed by atoms with van der Waals surface area (Å²) in [5.74, 6) is -0.996. The van der Waals surface area contributed by atoms with Crippen LogP contribution in [0.4, 0.5) is 4.79 Å². The number of urea groups is 1. The SMILES string of the molecule is CCC(C(=O)O)N(C)C(=O)NN(C)C. The highest BCUT2D eigenvalue weighted by molar-refractivity contribution is 5.82. The van der Waals surface area contributed by atoms with Gasteiger partial charge in [-0.15, -0.1) is 0 Å². The molecule has 14 heavy (non-hydrogen) atoms. The number of nitrogens with zero attached hydrogens (tertiary/aromatic N) is 2. The second-order valence-corrected chi connectivity index (χ2v) is 3.18. The molecule has 0 aliphatic rings. The predicted molar refractivity (Wildman–Crippen MR) is 51.7 cm³/mol. The van der Waals surface area contributed by atoms with Crippen molar-refractivity contribution in [1.82, 2.24) is 15.3 Å². The fourth-order valence-electron chi connectivity index (χ4n) is 1.03. The van der Waals surface area contributed by atoms with Gasteiger partial charge in [0.15, 0.2) is 0 Å². The summed E-state index contributed by atoms with van der Waals surface area (Å²) in [6, 6.07) is -1.21. The number of carbonyl (C=O) groups is 2. The van der Waals surface area contributed by atoms with Gasteiger partial charge >= 0.3 is 12.0 Å². The van der Waals surface area contributed by atoms with E-state index < -0.39 is 18.0 Å². The van der Waals surface area contributed by atoms with Gasteiger partial charge in [0.1, 0.15) is 6.04 Å². The van der Waals surface area contributed by atoms with E-state index >= 15 is 0 Å². The van der Waals surface area contributed by atoms with Crippen LogP contribution in [-0.4, -0.2) is 54.2 Å². The number of rotatable bonds is 4. The van der Waals surface area contributed by atoms with E-state index in [-0.39, 0.29) is 0 Å². The van der Waals surface area contributed by atoms with E-state index in [0.29, 0.717) is 6.42 Å². The molecule has 1 atom stereocenters. The summed E-state index contributed by atoms with van der Waals surface area (Å²) in [5, 5.41) is 10.3. The van der Waals surface area contributed by atoms with Crippen molar-refractivity contribution in [3.63, 3.8) is 0 Å². The molecule has 0 aromatic heterocycles. The zero-order valence-electron chi connectivity index (χ0n) is 8.94. The van der Waals surface area contributed by atoms with Gasteiger partial charge in [-0.25, -0.2) is 14.6 Å². The van der Waals surface area contributed by atoms with Crippen molar-refractivity contribution in [1.29, 1.82) is 0 Å². The van der Waals surface area contributed by atoms with Gasteiger partial charge in [-0.1, -0.05) is 6.92 Å². The monoisotopic (exact) mass is 203 g/mol. The Labute approximate surface area is 83.5 Å². The summed E-state index contributed by atoms with van der Waals surface area (Å²) in [6.45, 7) is 1.72. The Morgan fingerprint density at radius 3 is 2.14 bits per heavy atom. The highest BCUT2D eigenvalue weighted by Gasteiger charge is 2.24. The van der Waals surface area contributed by atoms with Crippen molar-refractivity contribution >= 4 is 12.0 Å². The van der Waals surface area contributed by atoms with Crippen LogP contribution >= 0.6 is 0 Å². The third-order valence-electron chi connectivity index (χ3n) is 1.78. The van der Waals surface area contributed by atoms with Crippen molar-refractivity contribution in [2.45, 2.75) is 19.4 Å². The van der Waals surface area contributed by atoms with E-state index in [1.54, 1.807) is 21.0 Å². The standard InChI is InChI=1S/C8H17N3O3/c1-5-6(7(12)13)11(4)8(14)9-10(2)3/h6H,5H2,1-4H3,(H,9,14)(H,12,13). The first-order valence-electron chi connectivity index (χ1n) is 4.33. The third kappa shape index (κ3) is 3.61. The maximum Gasteiger partial charge on any atom is 0.332 e. The van der Waals surface area contributed by atoms with E-state index in [2.05, 4.69) is 5.43 Å². The minimum Gasteiger partial charge on any atom is -0.480 e. The number of carbonyl (C=O) groups excluding carboxylic acids is 1. The molecule has 0 saturated carbocycles. The van der Waals surface area contributed by atoms with Crippen LogP contribution in [0.25, 0.3) is 0 Å². The average Bonchev–Trinajstić information content (AvgIpc) is 2.03. The third-order valence-corrected chi connectivity index (χ3v) is 1.78. The quantitative estimate of drug-likeness (QED) is 0.629. The van der Waals surface area contributed by atoms with Gasteiger partial charge in [0, 0.05) is 21.1 Å². The van der Waals surface area contributed by atoms with Crippen LogP contribution in [0, 0.1) is 0 Å². The summed E-state index contributed by atoms with van der Waals surface area (Å²) in [7, 11) is 4.78. The Morgan fingerprint density at radius 1 is 1.36 bits per heavy atom. The molecule has 82 valence electrons. The van der Waals surface area contributed by atoms with Crippen molar-refractivity contribution in [2.24, 2.45) is 0 Å². The molecule has 0 aromatic rings. The predicted octanol–water partition coefficient (Wildman–Crippen LogP) is -0.0324. The summed E-state index contributed by atoms with van der Waals surface area (Å²) < 4.78 is 0. The normalized spacial score (nSPS) is 12.4. The topological polar surface area (TPSA) is 72.9 Å². The molecule has 0 saturated heterocycles. The van der Waals surface area contributed by atoms with Crippen LogP contribution in [0.5, 0.6) is 0 Å². The Morgan fingerprint density at radius 2 is 1.86 bits per heavy atom. The van der Waals surface area contributed by atoms with Crippen LogP contribution in [0.15, 0.2) is 0 Å². The average molecular weight is 203 g/mol. The lowest BCUT2D eigenvalue weighted by Crippen LogP contribution is -2.50. The summed E-state index contributed by atoms with van der Waals surface area (Å²) >= 11 is 0. The van der Waals surface area contributed by atoms with Crippen molar-refractivity contribution in [3.05, 3.63) is 0 Å². The van der Waals surface area contributed by atoms with Gasteiger partial charge < -0.3 is 10.0 Å². The number of hydrogen-bond acceptors (Lipinski definition) is 3. The largest absolute Gasteiger partial charge is 0.480 e. The summed E-state index contributed by atoms with van der Waals surface area (Å²) in [5.41, 5.74) is 2.47. The molecule has 0 bridgehead atoms. The molecule has 0 rings (SSSR count). The molecule has 0 spiro atoms. The molecule has 0 radical (unpaired) electrons. The van der Waals surface area contributed by atoms with Gasteiger partial charge in [-0.2, -0.15) is 0 Å². The van der Waals surface area contributed by atoms with Crippen LogP contribution in [0.2, 0.25) is 0 Å². The molecule has 2 amide bonds.